The molecule has 100 valence electrons. The molecule has 0 aromatic heterocycles. The number of benzene rings is 1. The zero-order valence-electron chi connectivity index (χ0n) is 10.7. The average Bonchev–Trinajstić information content (AvgIpc) is 2.34. The predicted octanol–water partition coefficient (Wildman–Crippen LogP) is 1.95. The lowest BCUT2D eigenvalue weighted by Crippen LogP contribution is -2.00. The largest absolute Gasteiger partial charge is 0.495 e. The summed E-state index contributed by atoms with van der Waals surface area (Å²) in [5, 5.41) is 8.77. The van der Waals surface area contributed by atoms with E-state index < -0.39 is 5.97 Å². The molecule has 19 heavy (non-hydrogen) atoms. The minimum Gasteiger partial charge on any atom is -0.495 e. The third kappa shape index (κ3) is 5.49. The highest BCUT2D eigenvalue weighted by molar-refractivity contribution is 8.13. The molecule has 0 aliphatic rings. The molecule has 1 rings (SSSR count). The van der Waals surface area contributed by atoms with Gasteiger partial charge in [-0.15, -0.1) is 0 Å². The average molecular weight is 278 g/mol. The maximum absolute atomic E-state index is 10.8. The van der Waals surface area contributed by atoms with Gasteiger partial charge in [-0.2, -0.15) is 0 Å². The maximum Gasteiger partial charge on any atom is 0.307 e. The number of ether oxygens (including phenoxy) is 1. The van der Waals surface area contributed by atoms with Gasteiger partial charge in [-0.05, 0) is 17.7 Å². The van der Waals surface area contributed by atoms with Crippen LogP contribution >= 0.6 is 11.8 Å². The number of carbonyl (C=O) groups excluding carboxylic acids is 1. The van der Waals surface area contributed by atoms with Crippen LogP contribution in [0.2, 0.25) is 0 Å². The fraction of sp³-hybridized carbons (Fsp3) is 0.286. The van der Waals surface area contributed by atoms with Crippen molar-refractivity contribution in [3.8, 4) is 17.6 Å². The van der Waals surface area contributed by atoms with E-state index in [1.165, 1.54) is 14.0 Å². The first-order valence-corrected chi connectivity index (χ1v) is 6.52. The van der Waals surface area contributed by atoms with E-state index in [1.54, 1.807) is 18.2 Å². The molecule has 0 heterocycles. The van der Waals surface area contributed by atoms with E-state index in [-0.39, 0.29) is 11.5 Å². The number of hydrogen-bond acceptors (Lipinski definition) is 4. The first-order chi connectivity index (χ1) is 9.02. The lowest BCUT2D eigenvalue weighted by atomic mass is 10.1. The molecule has 1 N–H and O–H groups in total. The Hall–Kier alpha value is -1.93. The molecule has 4 nitrogen and oxygen atoms in total. The number of methoxy groups -OCH3 is 1. The SMILES string of the molecule is COc1ccc(CC(=O)O)cc1C#CCSC(C)=O. The van der Waals surface area contributed by atoms with Gasteiger partial charge >= 0.3 is 5.97 Å². The third-order valence-electron chi connectivity index (χ3n) is 2.19. The van der Waals surface area contributed by atoms with Crippen molar-refractivity contribution in [3.63, 3.8) is 0 Å². The van der Waals surface area contributed by atoms with Crippen LogP contribution in [0.15, 0.2) is 18.2 Å². The summed E-state index contributed by atoms with van der Waals surface area (Å²) in [6.45, 7) is 1.49. The standard InChI is InChI=1S/C14H14O4S/c1-10(15)19-7-3-4-12-8-11(9-14(16)17)5-6-13(12)18-2/h5-6,8H,7,9H2,1-2H3,(H,16,17). The molecule has 0 fully saturated rings. The molecule has 0 aliphatic heterocycles. The molecule has 1 aromatic rings. The Morgan fingerprint density at radius 3 is 2.74 bits per heavy atom. The third-order valence-corrected chi connectivity index (χ3v) is 2.89. The van der Waals surface area contributed by atoms with E-state index in [2.05, 4.69) is 11.8 Å². The van der Waals surface area contributed by atoms with E-state index >= 15 is 0 Å². The number of carboxylic acids is 1. The summed E-state index contributed by atoms with van der Waals surface area (Å²) >= 11 is 1.13. The molecule has 0 amide bonds. The highest BCUT2D eigenvalue weighted by Gasteiger charge is 2.05. The lowest BCUT2D eigenvalue weighted by molar-refractivity contribution is -0.136. The van der Waals surface area contributed by atoms with Crippen LogP contribution < -0.4 is 4.74 Å². The van der Waals surface area contributed by atoms with Crippen LogP contribution in [0.25, 0.3) is 0 Å². The highest BCUT2D eigenvalue weighted by Crippen LogP contribution is 2.19. The van der Waals surface area contributed by atoms with Crippen LogP contribution in [0.3, 0.4) is 0 Å². The summed E-state index contributed by atoms with van der Waals surface area (Å²) in [7, 11) is 1.53. The number of hydrogen-bond donors (Lipinski definition) is 1. The van der Waals surface area contributed by atoms with Crippen LogP contribution in [0, 0.1) is 11.8 Å². The van der Waals surface area contributed by atoms with Crippen molar-refractivity contribution >= 4 is 22.8 Å². The summed E-state index contributed by atoms with van der Waals surface area (Å²) in [4.78, 5) is 21.4. The molecule has 0 spiro atoms. The Labute approximate surface area is 116 Å². The van der Waals surface area contributed by atoms with Gasteiger partial charge in [-0.1, -0.05) is 29.7 Å². The number of carbonyl (C=O) groups is 2. The monoisotopic (exact) mass is 278 g/mol. The van der Waals surface area contributed by atoms with E-state index in [4.69, 9.17) is 9.84 Å². The molecule has 0 saturated carbocycles. The van der Waals surface area contributed by atoms with Crippen molar-refractivity contribution in [3.05, 3.63) is 29.3 Å². The maximum atomic E-state index is 10.8. The first kappa shape index (κ1) is 15.1. The Morgan fingerprint density at radius 1 is 1.42 bits per heavy atom. The summed E-state index contributed by atoms with van der Waals surface area (Å²) in [5.74, 6) is 5.85. The fourth-order valence-electron chi connectivity index (χ4n) is 1.41. The normalized spacial score (nSPS) is 9.37. The van der Waals surface area contributed by atoms with Gasteiger partial charge in [0.2, 0.25) is 0 Å². The minimum atomic E-state index is -0.892. The van der Waals surface area contributed by atoms with Gasteiger partial charge in [0.1, 0.15) is 5.75 Å². The summed E-state index contributed by atoms with van der Waals surface area (Å²) in [6.07, 6.45) is -0.0547. The first-order valence-electron chi connectivity index (χ1n) is 5.54. The molecule has 0 saturated heterocycles. The van der Waals surface area contributed by atoms with Crippen molar-refractivity contribution < 1.29 is 19.4 Å². The van der Waals surface area contributed by atoms with Gasteiger partial charge in [-0.25, -0.2) is 0 Å². The van der Waals surface area contributed by atoms with Crippen LogP contribution in [-0.2, 0) is 16.0 Å². The van der Waals surface area contributed by atoms with Gasteiger partial charge in [-0.3, -0.25) is 9.59 Å². The van der Waals surface area contributed by atoms with Crippen LogP contribution in [0.4, 0.5) is 0 Å². The molecule has 0 aliphatic carbocycles. The number of rotatable bonds is 4. The molecular weight excluding hydrogens is 264 g/mol. The molecular formula is C14H14O4S. The quantitative estimate of drug-likeness (QED) is 0.853. The zero-order chi connectivity index (χ0) is 14.3. The zero-order valence-corrected chi connectivity index (χ0v) is 11.5. The van der Waals surface area contributed by atoms with Crippen molar-refractivity contribution in [2.75, 3.05) is 12.9 Å². The predicted molar refractivity (Wildman–Crippen MR) is 74.4 cm³/mol. The van der Waals surface area contributed by atoms with E-state index in [0.29, 0.717) is 22.6 Å². The topological polar surface area (TPSA) is 63.6 Å². The highest BCUT2D eigenvalue weighted by atomic mass is 32.2. The van der Waals surface area contributed by atoms with E-state index in [1.807, 2.05) is 0 Å². The number of thioether (sulfide) groups is 1. The second-order valence-corrected chi connectivity index (χ2v) is 4.84. The Balaban J connectivity index is 2.89. The molecule has 0 bridgehead atoms. The van der Waals surface area contributed by atoms with Gasteiger partial charge in [0.15, 0.2) is 5.12 Å². The number of aliphatic carboxylic acids is 1. The second kappa shape index (κ2) is 7.49. The van der Waals surface area contributed by atoms with Crippen molar-refractivity contribution in [2.45, 2.75) is 13.3 Å². The van der Waals surface area contributed by atoms with Crippen molar-refractivity contribution in [1.82, 2.24) is 0 Å². The van der Waals surface area contributed by atoms with Gasteiger partial charge in [0, 0.05) is 6.92 Å². The molecule has 0 radical (unpaired) electrons. The smallest absolute Gasteiger partial charge is 0.307 e. The van der Waals surface area contributed by atoms with Gasteiger partial charge in [0.05, 0.1) is 24.8 Å². The Bertz CT molecular complexity index is 540. The molecule has 1 aromatic carbocycles. The van der Waals surface area contributed by atoms with Crippen LogP contribution in [0.1, 0.15) is 18.1 Å². The van der Waals surface area contributed by atoms with Gasteiger partial charge in [0.25, 0.3) is 0 Å². The van der Waals surface area contributed by atoms with Gasteiger partial charge < -0.3 is 9.84 Å². The Kier molecular flexibility index (Phi) is 5.97. The molecule has 0 atom stereocenters. The summed E-state index contributed by atoms with van der Waals surface area (Å²) in [6, 6.07) is 5.08. The summed E-state index contributed by atoms with van der Waals surface area (Å²) < 4.78 is 5.16. The lowest BCUT2D eigenvalue weighted by Gasteiger charge is -2.05. The molecule has 0 unspecified atom stereocenters. The molecule has 5 heteroatoms. The van der Waals surface area contributed by atoms with Crippen LogP contribution in [-0.4, -0.2) is 29.1 Å². The Morgan fingerprint density at radius 2 is 2.16 bits per heavy atom. The minimum absolute atomic E-state index is 0.0147. The van der Waals surface area contributed by atoms with E-state index in [9.17, 15) is 9.59 Å². The summed E-state index contributed by atoms with van der Waals surface area (Å²) in [5.41, 5.74) is 1.29. The van der Waals surface area contributed by atoms with E-state index in [0.717, 1.165) is 11.8 Å². The number of carboxylic acid groups (broad SMARTS) is 1. The van der Waals surface area contributed by atoms with Crippen molar-refractivity contribution in [1.29, 1.82) is 0 Å². The second-order valence-electron chi connectivity index (χ2n) is 3.69. The van der Waals surface area contributed by atoms with Crippen LogP contribution in [0.5, 0.6) is 5.75 Å². The fourth-order valence-corrected chi connectivity index (χ4v) is 1.75. The van der Waals surface area contributed by atoms with Crippen molar-refractivity contribution in [2.24, 2.45) is 0 Å².